The summed E-state index contributed by atoms with van der Waals surface area (Å²) >= 11 is 0. The molecule has 18 heavy (non-hydrogen) atoms. The van der Waals surface area contributed by atoms with Crippen LogP contribution < -0.4 is 11.5 Å². The first-order valence-electron chi connectivity index (χ1n) is 5.97. The van der Waals surface area contributed by atoms with E-state index in [2.05, 4.69) is 0 Å². The maximum Gasteiger partial charge on any atom is 0.254 e. The molecule has 98 valence electrons. The van der Waals surface area contributed by atoms with E-state index >= 15 is 0 Å². The number of rotatable bonds is 6. The minimum Gasteiger partial charge on any atom is -0.399 e. The van der Waals surface area contributed by atoms with Crippen LogP contribution in [0.4, 0.5) is 5.69 Å². The van der Waals surface area contributed by atoms with Crippen molar-refractivity contribution in [2.24, 2.45) is 5.73 Å². The predicted octanol–water partition coefficient (Wildman–Crippen LogP) is 0.996. The van der Waals surface area contributed by atoms with Gasteiger partial charge in [-0.1, -0.05) is 19.4 Å². The number of hydrogen-bond acceptors (Lipinski definition) is 3. The van der Waals surface area contributed by atoms with Gasteiger partial charge in [-0.3, -0.25) is 9.59 Å². The number of anilines is 1. The van der Waals surface area contributed by atoms with Crippen molar-refractivity contribution >= 4 is 17.5 Å². The standard InChI is InChI=1S/C13H19N3O2/c1-2-3-7-16(9-12(15)17)13(18)10-5-4-6-11(14)8-10/h4-6,8H,2-3,7,9,14H2,1H3,(H2,15,17). The van der Waals surface area contributed by atoms with E-state index in [1.54, 1.807) is 24.3 Å². The number of amides is 2. The van der Waals surface area contributed by atoms with Crippen LogP contribution in [0.25, 0.3) is 0 Å². The molecule has 0 aliphatic carbocycles. The Hall–Kier alpha value is -2.04. The molecule has 1 aromatic carbocycles. The minimum absolute atomic E-state index is 0.0619. The first-order chi connectivity index (χ1) is 8.54. The molecule has 4 N–H and O–H groups in total. The Kier molecular flexibility index (Phi) is 5.17. The van der Waals surface area contributed by atoms with E-state index < -0.39 is 5.91 Å². The SMILES string of the molecule is CCCCN(CC(N)=O)C(=O)c1cccc(N)c1. The Bertz CT molecular complexity index is 432. The molecule has 5 nitrogen and oxygen atoms in total. The summed E-state index contributed by atoms with van der Waals surface area (Å²) in [7, 11) is 0. The number of nitrogens with zero attached hydrogens (tertiary/aromatic N) is 1. The van der Waals surface area contributed by atoms with Gasteiger partial charge in [-0.15, -0.1) is 0 Å². The summed E-state index contributed by atoms with van der Waals surface area (Å²) in [6, 6.07) is 6.70. The summed E-state index contributed by atoms with van der Waals surface area (Å²) in [5.74, 6) is -0.724. The third-order valence-corrected chi connectivity index (χ3v) is 2.55. The van der Waals surface area contributed by atoms with Gasteiger partial charge in [0.2, 0.25) is 5.91 Å². The highest BCUT2D eigenvalue weighted by atomic mass is 16.2. The topological polar surface area (TPSA) is 89.4 Å². The number of carbonyl (C=O) groups excluding carboxylic acids is 2. The molecular formula is C13H19N3O2. The third kappa shape index (κ3) is 4.08. The van der Waals surface area contributed by atoms with Gasteiger partial charge in [0.15, 0.2) is 0 Å². The zero-order chi connectivity index (χ0) is 13.5. The van der Waals surface area contributed by atoms with Gasteiger partial charge in [0.05, 0.1) is 6.54 Å². The van der Waals surface area contributed by atoms with Crippen molar-refractivity contribution in [1.29, 1.82) is 0 Å². The molecule has 0 heterocycles. The second-order valence-corrected chi connectivity index (χ2v) is 4.17. The lowest BCUT2D eigenvalue weighted by molar-refractivity contribution is -0.118. The number of unbranched alkanes of at least 4 members (excludes halogenated alkanes) is 1. The van der Waals surface area contributed by atoms with Crippen LogP contribution in [0.5, 0.6) is 0 Å². The highest BCUT2D eigenvalue weighted by Crippen LogP contribution is 2.10. The van der Waals surface area contributed by atoms with E-state index in [9.17, 15) is 9.59 Å². The van der Waals surface area contributed by atoms with Crippen LogP contribution in [0.15, 0.2) is 24.3 Å². The van der Waals surface area contributed by atoms with Crippen LogP contribution in [-0.4, -0.2) is 29.8 Å². The molecule has 1 rings (SSSR count). The molecule has 0 saturated carbocycles. The van der Waals surface area contributed by atoms with Crippen LogP contribution in [-0.2, 0) is 4.79 Å². The Morgan fingerprint density at radius 1 is 1.33 bits per heavy atom. The van der Waals surface area contributed by atoms with Gasteiger partial charge >= 0.3 is 0 Å². The van der Waals surface area contributed by atoms with Crippen molar-refractivity contribution in [3.8, 4) is 0 Å². The van der Waals surface area contributed by atoms with E-state index in [1.165, 1.54) is 4.90 Å². The second-order valence-electron chi connectivity index (χ2n) is 4.17. The van der Waals surface area contributed by atoms with Crippen molar-refractivity contribution in [2.45, 2.75) is 19.8 Å². The molecule has 0 aliphatic heterocycles. The fourth-order valence-corrected chi connectivity index (χ4v) is 1.64. The predicted molar refractivity (Wildman–Crippen MR) is 70.9 cm³/mol. The number of nitrogen functional groups attached to an aromatic ring is 1. The molecule has 5 heteroatoms. The number of nitrogens with two attached hydrogens (primary N) is 2. The smallest absolute Gasteiger partial charge is 0.254 e. The summed E-state index contributed by atoms with van der Waals surface area (Å²) < 4.78 is 0. The molecule has 0 radical (unpaired) electrons. The van der Waals surface area contributed by atoms with Crippen LogP contribution in [0, 0.1) is 0 Å². The van der Waals surface area contributed by atoms with E-state index in [0.29, 0.717) is 17.8 Å². The fraction of sp³-hybridized carbons (Fsp3) is 0.385. The number of primary amides is 1. The minimum atomic E-state index is -0.511. The normalized spacial score (nSPS) is 10.1. The van der Waals surface area contributed by atoms with Gasteiger partial charge in [0.1, 0.15) is 0 Å². The Morgan fingerprint density at radius 3 is 2.61 bits per heavy atom. The average molecular weight is 249 g/mol. The monoisotopic (exact) mass is 249 g/mol. The van der Waals surface area contributed by atoms with Crippen LogP contribution in [0.1, 0.15) is 30.1 Å². The van der Waals surface area contributed by atoms with Gasteiger partial charge in [-0.2, -0.15) is 0 Å². The summed E-state index contributed by atoms with van der Waals surface area (Å²) in [6.45, 7) is 2.48. The van der Waals surface area contributed by atoms with Crippen molar-refractivity contribution in [3.63, 3.8) is 0 Å². The lowest BCUT2D eigenvalue weighted by atomic mass is 10.1. The Balaban J connectivity index is 2.83. The van der Waals surface area contributed by atoms with Crippen molar-refractivity contribution in [1.82, 2.24) is 4.90 Å². The number of benzene rings is 1. The Morgan fingerprint density at radius 2 is 2.06 bits per heavy atom. The molecular weight excluding hydrogens is 230 g/mol. The van der Waals surface area contributed by atoms with Crippen LogP contribution >= 0.6 is 0 Å². The summed E-state index contributed by atoms with van der Waals surface area (Å²) in [4.78, 5) is 24.6. The van der Waals surface area contributed by atoms with E-state index in [-0.39, 0.29) is 12.5 Å². The van der Waals surface area contributed by atoms with Gasteiger partial charge in [-0.05, 0) is 24.6 Å². The zero-order valence-electron chi connectivity index (χ0n) is 10.6. The summed E-state index contributed by atoms with van der Waals surface area (Å²) in [5.41, 5.74) is 11.8. The first-order valence-corrected chi connectivity index (χ1v) is 5.97. The van der Waals surface area contributed by atoms with Gasteiger partial charge in [-0.25, -0.2) is 0 Å². The van der Waals surface area contributed by atoms with Crippen molar-refractivity contribution < 1.29 is 9.59 Å². The maximum atomic E-state index is 12.2. The number of hydrogen-bond donors (Lipinski definition) is 2. The molecule has 0 aromatic heterocycles. The van der Waals surface area contributed by atoms with E-state index in [4.69, 9.17) is 11.5 Å². The molecule has 0 aliphatic rings. The average Bonchev–Trinajstić information content (AvgIpc) is 2.33. The van der Waals surface area contributed by atoms with Crippen molar-refractivity contribution in [3.05, 3.63) is 29.8 Å². The maximum absolute atomic E-state index is 12.2. The second kappa shape index (κ2) is 6.64. The molecule has 0 fully saturated rings. The van der Waals surface area contributed by atoms with Crippen LogP contribution in [0.2, 0.25) is 0 Å². The molecule has 0 spiro atoms. The largest absolute Gasteiger partial charge is 0.399 e. The van der Waals surface area contributed by atoms with Gasteiger partial charge in [0.25, 0.3) is 5.91 Å². The van der Waals surface area contributed by atoms with Crippen LogP contribution in [0.3, 0.4) is 0 Å². The quantitative estimate of drug-likeness (QED) is 0.737. The summed E-state index contributed by atoms with van der Waals surface area (Å²) in [5, 5.41) is 0. The Labute approximate surface area is 107 Å². The highest BCUT2D eigenvalue weighted by Gasteiger charge is 2.17. The molecule has 0 atom stereocenters. The van der Waals surface area contributed by atoms with Gasteiger partial charge in [0, 0.05) is 17.8 Å². The van der Waals surface area contributed by atoms with E-state index in [1.807, 2.05) is 6.92 Å². The highest BCUT2D eigenvalue weighted by molar-refractivity contribution is 5.97. The molecule has 1 aromatic rings. The van der Waals surface area contributed by atoms with E-state index in [0.717, 1.165) is 12.8 Å². The lowest BCUT2D eigenvalue weighted by Gasteiger charge is -2.21. The lowest BCUT2D eigenvalue weighted by Crippen LogP contribution is -2.39. The van der Waals surface area contributed by atoms with Crippen molar-refractivity contribution in [2.75, 3.05) is 18.8 Å². The third-order valence-electron chi connectivity index (χ3n) is 2.55. The van der Waals surface area contributed by atoms with Gasteiger partial charge < -0.3 is 16.4 Å². The molecule has 0 bridgehead atoms. The first kappa shape index (κ1) is 14.0. The fourth-order valence-electron chi connectivity index (χ4n) is 1.64. The number of carbonyl (C=O) groups is 2. The zero-order valence-corrected chi connectivity index (χ0v) is 10.6. The molecule has 0 saturated heterocycles. The molecule has 2 amide bonds. The summed E-state index contributed by atoms with van der Waals surface area (Å²) in [6.07, 6.45) is 1.78. The molecule has 0 unspecified atom stereocenters.